The van der Waals surface area contributed by atoms with Crippen LogP contribution in [0.2, 0.25) is 0 Å². The Bertz CT molecular complexity index is 574. The maximum Gasteiger partial charge on any atom is 0.331 e. The zero-order valence-corrected chi connectivity index (χ0v) is 14.0. The van der Waals surface area contributed by atoms with Crippen LogP contribution in [0, 0.1) is 5.92 Å². The number of ether oxygens (including phenoxy) is 2. The number of esters is 1. The number of benzene rings is 1. The van der Waals surface area contributed by atoms with E-state index in [1.54, 1.807) is 24.3 Å². The van der Waals surface area contributed by atoms with Crippen molar-refractivity contribution < 1.29 is 19.4 Å². The molecule has 0 aliphatic carbocycles. The van der Waals surface area contributed by atoms with E-state index in [1.165, 1.54) is 13.2 Å². The third-order valence-corrected chi connectivity index (χ3v) is 4.30. The summed E-state index contributed by atoms with van der Waals surface area (Å²) in [6.45, 7) is 5.86. The van der Waals surface area contributed by atoms with Gasteiger partial charge >= 0.3 is 5.97 Å². The summed E-state index contributed by atoms with van der Waals surface area (Å²) in [5.41, 5.74) is 0.228. The highest BCUT2D eigenvalue weighted by Gasteiger charge is 2.33. The minimum atomic E-state index is -0.481. The number of phenols is 1. The molecule has 0 aromatic heterocycles. The number of hydrogen-bond donors (Lipinski definition) is 2. The molecule has 1 aromatic carbocycles. The molecule has 0 spiro atoms. The molecule has 1 fully saturated rings. The van der Waals surface area contributed by atoms with Crippen molar-refractivity contribution in [2.45, 2.75) is 32.3 Å². The maximum atomic E-state index is 12.1. The Morgan fingerprint density at radius 3 is 2.65 bits per heavy atom. The summed E-state index contributed by atoms with van der Waals surface area (Å²) in [4.78, 5) is 12.1. The molecule has 2 rings (SSSR count). The van der Waals surface area contributed by atoms with Gasteiger partial charge in [-0.05, 0) is 63.6 Å². The van der Waals surface area contributed by atoms with E-state index >= 15 is 0 Å². The van der Waals surface area contributed by atoms with E-state index in [0.29, 0.717) is 17.2 Å². The fourth-order valence-electron chi connectivity index (χ4n) is 2.87. The van der Waals surface area contributed by atoms with E-state index in [9.17, 15) is 9.90 Å². The topological polar surface area (TPSA) is 67.8 Å². The largest absolute Gasteiger partial charge is 0.504 e. The van der Waals surface area contributed by atoms with Gasteiger partial charge < -0.3 is 19.9 Å². The molecule has 0 atom stereocenters. The van der Waals surface area contributed by atoms with Crippen LogP contribution in [0.25, 0.3) is 6.08 Å². The van der Waals surface area contributed by atoms with E-state index < -0.39 is 5.60 Å². The molecular formula is C18H25NO4. The van der Waals surface area contributed by atoms with Gasteiger partial charge in [-0.3, -0.25) is 0 Å². The molecule has 0 saturated carbocycles. The molecule has 1 saturated heterocycles. The normalized spacial score (nSPS) is 16.5. The van der Waals surface area contributed by atoms with Crippen LogP contribution in [-0.4, -0.2) is 36.9 Å². The van der Waals surface area contributed by atoms with Crippen LogP contribution in [0.4, 0.5) is 0 Å². The molecule has 1 aliphatic heterocycles. The molecule has 0 radical (unpaired) electrons. The third-order valence-electron chi connectivity index (χ3n) is 4.30. The number of nitrogens with one attached hydrogen (secondary N) is 1. The molecule has 1 aromatic rings. The van der Waals surface area contributed by atoms with Crippen LogP contribution in [0.1, 0.15) is 32.3 Å². The van der Waals surface area contributed by atoms with Crippen LogP contribution in [0.15, 0.2) is 24.3 Å². The fourth-order valence-corrected chi connectivity index (χ4v) is 2.87. The van der Waals surface area contributed by atoms with Gasteiger partial charge in [0.25, 0.3) is 0 Å². The van der Waals surface area contributed by atoms with Crippen LogP contribution >= 0.6 is 0 Å². The first-order valence-corrected chi connectivity index (χ1v) is 7.91. The van der Waals surface area contributed by atoms with Crippen molar-refractivity contribution in [2.75, 3.05) is 20.2 Å². The molecule has 2 N–H and O–H groups in total. The van der Waals surface area contributed by atoms with Gasteiger partial charge in [0, 0.05) is 12.0 Å². The number of aromatic hydroxyl groups is 1. The van der Waals surface area contributed by atoms with Crippen molar-refractivity contribution in [1.82, 2.24) is 5.32 Å². The van der Waals surface area contributed by atoms with Crippen molar-refractivity contribution in [3.8, 4) is 11.5 Å². The Balaban J connectivity index is 1.96. The number of hydrogen-bond acceptors (Lipinski definition) is 5. The van der Waals surface area contributed by atoms with Crippen molar-refractivity contribution in [3.63, 3.8) is 0 Å². The lowest BCUT2D eigenvalue weighted by molar-refractivity contribution is -0.156. The standard InChI is InChI=1S/C18H25NO4/c1-18(2,14-8-10-19-11-9-14)23-17(21)7-5-13-4-6-16(22-3)15(20)12-13/h4-7,12,14,19-20H,8-11H2,1-3H3/b7-5+. The quantitative estimate of drug-likeness (QED) is 0.645. The van der Waals surface area contributed by atoms with E-state index in [0.717, 1.165) is 25.9 Å². The molecule has 1 aliphatic rings. The third kappa shape index (κ3) is 4.73. The number of phenolic OH excluding ortho intramolecular Hbond substituents is 1. The fraction of sp³-hybridized carbons (Fsp3) is 0.500. The Labute approximate surface area is 137 Å². The van der Waals surface area contributed by atoms with Gasteiger partial charge in [0.1, 0.15) is 5.60 Å². The highest BCUT2D eigenvalue weighted by molar-refractivity contribution is 5.87. The monoisotopic (exact) mass is 319 g/mol. The molecule has 0 amide bonds. The van der Waals surface area contributed by atoms with Gasteiger partial charge in [-0.2, -0.15) is 0 Å². The van der Waals surface area contributed by atoms with Crippen molar-refractivity contribution in [1.29, 1.82) is 0 Å². The van der Waals surface area contributed by atoms with Crippen LogP contribution in [0.5, 0.6) is 11.5 Å². The highest BCUT2D eigenvalue weighted by atomic mass is 16.6. The lowest BCUT2D eigenvalue weighted by Crippen LogP contribution is -2.42. The summed E-state index contributed by atoms with van der Waals surface area (Å²) < 4.78 is 10.6. The Kier molecular flexibility index (Phi) is 5.66. The second-order valence-electron chi connectivity index (χ2n) is 6.31. The summed E-state index contributed by atoms with van der Waals surface area (Å²) in [7, 11) is 1.49. The average Bonchev–Trinajstić information content (AvgIpc) is 2.53. The maximum absolute atomic E-state index is 12.1. The zero-order valence-electron chi connectivity index (χ0n) is 14.0. The van der Waals surface area contributed by atoms with Crippen LogP contribution in [-0.2, 0) is 9.53 Å². The number of methoxy groups -OCH3 is 1. The van der Waals surface area contributed by atoms with Gasteiger partial charge in [-0.25, -0.2) is 4.79 Å². The van der Waals surface area contributed by atoms with Crippen LogP contribution < -0.4 is 10.1 Å². The van der Waals surface area contributed by atoms with Crippen molar-refractivity contribution >= 4 is 12.0 Å². The average molecular weight is 319 g/mol. The Morgan fingerprint density at radius 2 is 2.04 bits per heavy atom. The minimum absolute atomic E-state index is 0.0399. The number of rotatable bonds is 5. The Hall–Kier alpha value is -2.01. The second-order valence-corrected chi connectivity index (χ2v) is 6.31. The van der Waals surface area contributed by atoms with E-state index in [4.69, 9.17) is 9.47 Å². The molecule has 5 heteroatoms. The SMILES string of the molecule is COc1ccc(/C=C/C(=O)OC(C)(C)C2CCNCC2)cc1O. The van der Waals surface area contributed by atoms with Gasteiger partial charge in [0.05, 0.1) is 7.11 Å². The summed E-state index contributed by atoms with van der Waals surface area (Å²) in [6, 6.07) is 4.96. The van der Waals surface area contributed by atoms with Gasteiger partial charge in [0.15, 0.2) is 11.5 Å². The first-order chi connectivity index (χ1) is 10.9. The summed E-state index contributed by atoms with van der Waals surface area (Å²) in [6.07, 6.45) is 5.04. The zero-order chi connectivity index (χ0) is 16.9. The number of carbonyl (C=O) groups is 1. The van der Waals surface area contributed by atoms with Crippen LogP contribution in [0.3, 0.4) is 0 Å². The lowest BCUT2D eigenvalue weighted by atomic mass is 9.83. The Morgan fingerprint density at radius 1 is 1.35 bits per heavy atom. The molecular weight excluding hydrogens is 294 g/mol. The lowest BCUT2D eigenvalue weighted by Gasteiger charge is -2.36. The van der Waals surface area contributed by atoms with E-state index in [1.807, 2.05) is 13.8 Å². The first-order valence-electron chi connectivity index (χ1n) is 7.91. The molecule has 0 bridgehead atoms. The second kappa shape index (κ2) is 7.51. The predicted octanol–water partition coefficient (Wildman–Crippen LogP) is 2.74. The summed E-state index contributed by atoms with van der Waals surface area (Å²) in [5.74, 6) is 0.435. The summed E-state index contributed by atoms with van der Waals surface area (Å²) >= 11 is 0. The minimum Gasteiger partial charge on any atom is -0.504 e. The van der Waals surface area contributed by atoms with Crippen molar-refractivity contribution in [3.05, 3.63) is 29.8 Å². The first kappa shape index (κ1) is 17.3. The number of piperidine rings is 1. The van der Waals surface area contributed by atoms with Gasteiger partial charge in [-0.15, -0.1) is 0 Å². The summed E-state index contributed by atoms with van der Waals surface area (Å²) in [5, 5.41) is 13.0. The highest BCUT2D eigenvalue weighted by Crippen LogP contribution is 2.29. The molecule has 126 valence electrons. The molecule has 0 unspecified atom stereocenters. The molecule has 23 heavy (non-hydrogen) atoms. The number of carbonyl (C=O) groups excluding carboxylic acids is 1. The van der Waals surface area contributed by atoms with E-state index in [-0.39, 0.29) is 11.7 Å². The smallest absolute Gasteiger partial charge is 0.331 e. The van der Waals surface area contributed by atoms with Crippen molar-refractivity contribution in [2.24, 2.45) is 5.92 Å². The molecule has 5 nitrogen and oxygen atoms in total. The molecule has 1 heterocycles. The van der Waals surface area contributed by atoms with Gasteiger partial charge in [0.2, 0.25) is 0 Å². The predicted molar refractivity (Wildman–Crippen MR) is 89.5 cm³/mol. The van der Waals surface area contributed by atoms with Gasteiger partial charge in [-0.1, -0.05) is 6.07 Å². The van der Waals surface area contributed by atoms with E-state index in [2.05, 4.69) is 5.32 Å².